The Bertz CT molecular complexity index is 782. The molecule has 0 spiro atoms. The molecule has 0 aliphatic carbocycles. The van der Waals surface area contributed by atoms with Crippen LogP contribution in [0.4, 0.5) is 0 Å². The molecule has 3 aromatic rings. The lowest BCUT2D eigenvalue weighted by Gasteiger charge is -2.04. The molecule has 0 atom stereocenters. The van der Waals surface area contributed by atoms with Crippen molar-refractivity contribution >= 4 is 23.8 Å². The maximum atomic E-state index is 6.21. The second-order valence-electron chi connectivity index (χ2n) is 5.01. The highest BCUT2D eigenvalue weighted by Gasteiger charge is 2.01. The Morgan fingerprint density at radius 1 is 0.864 bits per heavy atom. The molecule has 0 saturated carbocycles. The van der Waals surface area contributed by atoms with Crippen LogP contribution in [0.3, 0.4) is 0 Å². The van der Waals surface area contributed by atoms with E-state index in [2.05, 4.69) is 28.2 Å². The topological polar surface area (TPSA) is 25.8 Å². The van der Waals surface area contributed by atoms with Gasteiger partial charge >= 0.3 is 0 Å². The van der Waals surface area contributed by atoms with Crippen LogP contribution in [0.2, 0.25) is 5.02 Å². The molecular weight excluding hydrogens is 292 g/mol. The number of pyridine rings is 2. The molecule has 0 fully saturated rings. The average Bonchev–Trinajstić information content (AvgIpc) is 2.57. The van der Waals surface area contributed by atoms with Gasteiger partial charge in [-0.15, -0.1) is 0 Å². The van der Waals surface area contributed by atoms with Crippen LogP contribution in [0.5, 0.6) is 0 Å². The smallest absolute Gasteiger partial charge is 0.0441 e. The quantitative estimate of drug-likeness (QED) is 0.685. The summed E-state index contributed by atoms with van der Waals surface area (Å²) in [5.41, 5.74) is 4.44. The molecule has 0 aliphatic rings. The van der Waals surface area contributed by atoms with Crippen LogP contribution in [0.1, 0.15) is 22.3 Å². The summed E-state index contributed by atoms with van der Waals surface area (Å²) in [6, 6.07) is 14.0. The Labute approximate surface area is 135 Å². The summed E-state index contributed by atoms with van der Waals surface area (Å²) < 4.78 is 0. The lowest BCUT2D eigenvalue weighted by molar-refractivity contribution is 1.14. The zero-order chi connectivity index (χ0) is 15.2. The Morgan fingerprint density at radius 2 is 1.64 bits per heavy atom. The molecule has 2 nitrogen and oxygen atoms in total. The zero-order valence-electron chi connectivity index (χ0n) is 12.0. The molecule has 0 aliphatic heterocycles. The summed E-state index contributed by atoms with van der Waals surface area (Å²) in [6.07, 6.45) is 12.2. The van der Waals surface area contributed by atoms with Gasteiger partial charge in [0.15, 0.2) is 0 Å². The van der Waals surface area contributed by atoms with Crippen molar-refractivity contribution in [1.82, 2.24) is 9.97 Å². The molecule has 3 heteroatoms. The lowest BCUT2D eigenvalue weighted by Crippen LogP contribution is -1.91. The van der Waals surface area contributed by atoms with Crippen LogP contribution in [0, 0.1) is 0 Å². The van der Waals surface area contributed by atoms with Crippen LogP contribution in [0.15, 0.2) is 67.3 Å². The van der Waals surface area contributed by atoms with Crippen LogP contribution in [-0.4, -0.2) is 9.97 Å². The fourth-order valence-corrected chi connectivity index (χ4v) is 2.43. The van der Waals surface area contributed by atoms with Crippen molar-refractivity contribution in [1.29, 1.82) is 0 Å². The van der Waals surface area contributed by atoms with Crippen molar-refractivity contribution in [2.24, 2.45) is 0 Å². The number of aromatic nitrogens is 2. The number of benzene rings is 1. The standard InChI is InChI=1S/C19H15ClN2/c20-19-4-2-1-3-18(19)12-17-11-16(13-22-14-17)6-5-15-7-9-21-10-8-15/h1-11,13-14H,12H2. The Balaban J connectivity index is 1.78. The van der Waals surface area contributed by atoms with E-state index < -0.39 is 0 Å². The lowest BCUT2D eigenvalue weighted by atomic mass is 10.0. The van der Waals surface area contributed by atoms with Crippen LogP contribution in [0.25, 0.3) is 12.2 Å². The van der Waals surface area contributed by atoms with E-state index in [0.717, 1.165) is 33.7 Å². The second kappa shape index (κ2) is 7.01. The van der Waals surface area contributed by atoms with E-state index in [1.807, 2.05) is 48.8 Å². The van der Waals surface area contributed by atoms with Gasteiger partial charge in [0.2, 0.25) is 0 Å². The highest BCUT2D eigenvalue weighted by atomic mass is 35.5. The molecule has 0 unspecified atom stereocenters. The van der Waals surface area contributed by atoms with Gasteiger partial charge in [0.1, 0.15) is 0 Å². The van der Waals surface area contributed by atoms with E-state index in [-0.39, 0.29) is 0 Å². The number of hydrogen-bond donors (Lipinski definition) is 0. The average molecular weight is 307 g/mol. The number of halogens is 1. The van der Waals surface area contributed by atoms with Crippen LogP contribution >= 0.6 is 11.6 Å². The zero-order valence-corrected chi connectivity index (χ0v) is 12.7. The largest absolute Gasteiger partial charge is 0.265 e. The van der Waals surface area contributed by atoms with E-state index in [0.29, 0.717) is 0 Å². The van der Waals surface area contributed by atoms with E-state index in [1.54, 1.807) is 12.4 Å². The van der Waals surface area contributed by atoms with E-state index in [1.165, 1.54) is 0 Å². The molecular formula is C19H15ClN2. The summed E-state index contributed by atoms with van der Waals surface area (Å²) in [5.74, 6) is 0. The third-order valence-corrected chi connectivity index (χ3v) is 3.71. The number of rotatable bonds is 4. The van der Waals surface area contributed by atoms with Crippen molar-refractivity contribution in [2.75, 3.05) is 0 Å². The summed E-state index contributed by atoms with van der Waals surface area (Å²) in [7, 11) is 0. The van der Waals surface area contributed by atoms with Crippen LogP contribution in [-0.2, 0) is 6.42 Å². The third-order valence-electron chi connectivity index (χ3n) is 3.34. The molecule has 0 bridgehead atoms. The molecule has 0 radical (unpaired) electrons. The second-order valence-corrected chi connectivity index (χ2v) is 5.42. The predicted molar refractivity (Wildman–Crippen MR) is 91.7 cm³/mol. The normalized spacial score (nSPS) is 11.0. The third kappa shape index (κ3) is 3.80. The molecule has 22 heavy (non-hydrogen) atoms. The summed E-state index contributed by atoms with van der Waals surface area (Å²) in [4.78, 5) is 8.33. The van der Waals surface area contributed by atoms with Crippen molar-refractivity contribution in [3.63, 3.8) is 0 Å². The number of hydrogen-bond acceptors (Lipinski definition) is 2. The highest BCUT2D eigenvalue weighted by Crippen LogP contribution is 2.19. The summed E-state index contributed by atoms with van der Waals surface area (Å²) >= 11 is 6.21. The van der Waals surface area contributed by atoms with Gasteiger partial charge in [-0.25, -0.2) is 0 Å². The first-order valence-electron chi connectivity index (χ1n) is 7.07. The van der Waals surface area contributed by atoms with Crippen LogP contribution < -0.4 is 0 Å². The molecule has 1 aromatic carbocycles. The minimum Gasteiger partial charge on any atom is -0.265 e. The van der Waals surface area contributed by atoms with Gasteiger partial charge in [-0.05, 0) is 46.5 Å². The van der Waals surface area contributed by atoms with Crippen molar-refractivity contribution in [2.45, 2.75) is 6.42 Å². The maximum absolute atomic E-state index is 6.21. The fourth-order valence-electron chi connectivity index (χ4n) is 2.22. The molecule has 108 valence electrons. The maximum Gasteiger partial charge on any atom is 0.0441 e. The van der Waals surface area contributed by atoms with Gasteiger partial charge in [-0.3, -0.25) is 9.97 Å². The Morgan fingerprint density at radius 3 is 2.45 bits per heavy atom. The minimum atomic E-state index is 0.781. The van der Waals surface area contributed by atoms with Gasteiger partial charge in [0, 0.05) is 36.2 Å². The molecule has 0 saturated heterocycles. The van der Waals surface area contributed by atoms with Gasteiger partial charge < -0.3 is 0 Å². The van der Waals surface area contributed by atoms with E-state index in [9.17, 15) is 0 Å². The van der Waals surface area contributed by atoms with Crippen molar-refractivity contribution in [3.8, 4) is 0 Å². The van der Waals surface area contributed by atoms with Crippen molar-refractivity contribution in [3.05, 3.63) is 94.5 Å². The highest BCUT2D eigenvalue weighted by molar-refractivity contribution is 6.31. The predicted octanol–water partition coefficient (Wildman–Crippen LogP) is 4.89. The molecule has 0 N–H and O–H groups in total. The minimum absolute atomic E-state index is 0.781. The molecule has 2 aromatic heterocycles. The first-order chi connectivity index (χ1) is 10.8. The number of nitrogens with zero attached hydrogens (tertiary/aromatic N) is 2. The molecule has 3 rings (SSSR count). The SMILES string of the molecule is Clc1ccccc1Cc1cncc(C=Cc2ccncc2)c1. The first-order valence-corrected chi connectivity index (χ1v) is 7.44. The van der Waals surface area contributed by atoms with E-state index in [4.69, 9.17) is 11.6 Å². The van der Waals surface area contributed by atoms with Gasteiger partial charge in [0.05, 0.1) is 0 Å². The van der Waals surface area contributed by atoms with Gasteiger partial charge in [-0.2, -0.15) is 0 Å². The van der Waals surface area contributed by atoms with E-state index >= 15 is 0 Å². The Hall–Kier alpha value is -2.45. The summed E-state index contributed by atoms with van der Waals surface area (Å²) in [6.45, 7) is 0. The van der Waals surface area contributed by atoms with Gasteiger partial charge in [-0.1, -0.05) is 42.0 Å². The fraction of sp³-hybridized carbons (Fsp3) is 0.0526. The van der Waals surface area contributed by atoms with Crippen molar-refractivity contribution < 1.29 is 0 Å². The monoisotopic (exact) mass is 306 g/mol. The first kappa shape index (κ1) is 14.5. The van der Waals surface area contributed by atoms with Gasteiger partial charge in [0.25, 0.3) is 0 Å². The molecule has 0 amide bonds. The summed E-state index contributed by atoms with van der Waals surface area (Å²) in [5, 5.41) is 0.792. The molecule has 2 heterocycles. The Kier molecular flexibility index (Phi) is 4.62.